The van der Waals surface area contributed by atoms with Crippen LogP contribution in [0.15, 0.2) is 22.8 Å². The van der Waals surface area contributed by atoms with Gasteiger partial charge in [0.2, 0.25) is 0 Å². The van der Waals surface area contributed by atoms with Gasteiger partial charge >= 0.3 is 12.0 Å². The number of carbonyl (C=O) groups excluding carboxylic acids is 6. The molecule has 1 saturated heterocycles. The average Bonchev–Trinajstić information content (AvgIpc) is 2.49. The summed E-state index contributed by atoms with van der Waals surface area (Å²) in [7, 11) is 0. The summed E-state index contributed by atoms with van der Waals surface area (Å²) in [4.78, 5) is 82.0. The number of hydrogen-bond donors (Lipinski definition) is 4. The molecular formula is C15H13N3O8. The molecule has 1 heterocycles. The second-order valence-electron chi connectivity index (χ2n) is 5.63. The molecule has 1 aliphatic heterocycles. The number of amides is 5. The van der Waals surface area contributed by atoms with Crippen LogP contribution in [0.1, 0.15) is 13.3 Å². The summed E-state index contributed by atoms with van der Waals surface area (Å²) in [6.45, 7) is 1.23. The number of ketones is 2. The number of nitrogens with one attached hydrogen (secondary N) is 2. The van der Waals surface area contributed by atoms with E-state index in [4.69, 9.17) is 10.8 Å². The smallest absolute Gasteiger partial charge is 0.328 e. The third-order valence-corrected chi connectivity index (χ3v) is 3.98. The van der Waals surface area contributed by atoms with Crippen molar-refractivity contribution >= 4 is 41.3 Å². The lowest BCUT2D eigenvalue weighted by Gasteiger charge is -2.27. The lowest BCUT2D eigenvalue weighted by Crippen LogP contribution is -2.52. The molecule has 2 atom stereocenters. The minimum Gasteiger partial charge on any atom is -0.481 e. The van der Waals surface area contributed by atoms with Crippen LogP contribution < -0.4 is 16.4 Å². The van der Waals surface area contributed by atoms with Gasteiger partial charge in [-0.1, -0.05) is 6.08 Å². The number of imide groups is 2. The zero-order valence-corrected chi connectivity index (χ0v) is 13.3. The lowest BCUT2D eigenvalue weighted by atomic mass is 9.73. The van der Waals surface area contributed by atoms with E-state index in [-0.39, 0.29) is 5.57 Å². The highest BCUT2D eigenvalue weighted by Crippen LogP contribution is 2.32. The van der Waals surface area contributed by atoms with Gasteiger partial charge in [-0.15, -0.1) is 0 Å². The van der Waals surface area contributed by atoms with Gasteiger partial charge in [0, 0.05) is 0 Å². The first-order valence-electron chi connectivity index (χ1n) is 7.23. The van der Waals surface area contributed by atoms with Gasteiger partial charge < -0.3 is 10.8 Å². The minimum absolute atomic E-state index is 0.112. The summed E-state index contributed by atoms with van der Waals surface area (Å²) in [5.74, 6) is -9.78. The Morgan fingerprint density at radius 3 is 2.12 bits per heavy atom. The molecule has 5 amide bonds. The average molecular weight is 363 g/mol. The molecule has 2 unspecified atom stereocenters. The van der Waals surface area contributed by atoms with Gasteiger partial charge in [0.15, 0.2) is 11.6 Å². The molecule has 11 nitrogen and oxygen atoms in total. The predicted molar refractivity (Wildman–Crippen MR) is 80.9 cm³/mol. The molecule has 0 aromatic rings. The normalized spacial score (nSPS) is 23.6. The first-order valence-corrected chi connectivity index (χ1v) is 7.23. The number of primary amides is 1. The zero-order valence-electron chi connectivity index (χ0n) is 13.3. The molecule has 2 aliphatic rings. The molecule has 26 heavy (non-hydrogen) atoms. The number of carbonyl (C=O) groups is 7. The number of hydrogen-bond acceptors (Lipinski definition) is 7. The molecule has 0 radical (unpaired) electrons. The maximum atomic E-state index is 12.6. The number of nitrogens with two attached hydrogens (primary N) is 1. The monoisotopic (exact) mass is 363 g/mol. The third kappa shape index (κ3) is 3.27. The SMILES string of the molecule is CC1=C(C(N)=O)C(=O)C(CC(=O)O)C(=O)C1C=C1C(=O)NC(=O)NC1=O. The number of rotatable bonds is 4. The molecule has 136 valence electrons. The minimum atomic E-state index is -1.68. The van der Waals surface area contributed by atoms with Gasteiger partial charge in [-0.05, 0) is 12.5 Å². The van der Waals surface area contributed by atoms with Crippen LogP contribution in [-0.2, 0) is 28.8 Å². The number of carboxylic acids is 1. The van der Waals surface area contributed by atoms with Gasteiger partial charge in [0.05, 0.1) is 23.8 Å². The third-order valence-electron chi connectivity index (χ3n) is 3.98. The number of carboxylic acid groups (broad SMARTS) is 1. The van der Waals surface area contributed by atoms with Crippen molar-refractivity contribution in [3.8, 4) is 0 Å². The lowest BCUT2D eigenvalue weighted by molar-refractivity contribution is -0.145. The number of allylic oxidation sites excluding steroid dienone is 2. The second kappa shape index (κ2) is 6.70. The Balaban J connectivity index is 2.57. The number of barbiturate groups is 1. The van der Waals surface area contributed by atoms with Gasteiger partial charge in [-0.25, -0.2) is 4.79 Å². The summed E-state index contributed by atoms with van der Waals surface area (Å²) >= 11 is 0. The Kier molecular flexibility index (Phi) is 4.82. The van der Waals surface area contributed by atoms with Crippen molar-refractivity contribution in [3.63, 3.8) is 0 Å². The van der Waals surface area contributed by atoms with Crippen LogP contribution in [0.25, 0.3) is 0 Å². The molecule has 0 saturated carbocycles. The fourth-order valence-corrected chi connectivity index (χ4v) is 2.77. The van der Waals surface area contributed by atoms with Crippen LogP contribution in [0, 0.1) is 11.8 Å². The van der Waals surface area contributed by atoms with Crippen molar-refractivity contribution in [2.75, 3.05) is 0 Å². The highest BCUT2D eigenvalue weighted by Gasteiger charge is 2.44. The van der Waals surface area contributed by atoms with E-state index in [1.54, 1.807) is 0 Å². The summed E-state index contributed by atoms with van der Waals surface area (Å²) in [6, 6.07) is -1.05. The summed E-state index contributed by atoms with van der Waals surface area (Å²) in [5, 5.41) is 12.5. The zero-order chi connectivity index (χ0) is 19.8. The van der Waals surface area contributed by atoms with Gasteiger partial charge in [0.25, 0.3) is 17.7 Å². The summed E-state index contributed by atoms with van der Waals surface area (Å²) < 4.78 is 0. The van der Waals surface area contributed by atoms with Crippen molar-refractivity contribution in [1.29, 1.82) is 0 Å². The number of urea groups is 1. The maximum Gasteiger partial charge on any atom is 0.328 e. The highest BCUT2D eigenvalue weighted by atomic mass is 16.4. The van der Waals surface area contributed by atoms with Crippen molar-refractivity contribution in [2.45, 2.75) is 13.3 Å². The molecule has 11 heteroatoms. The molecule has 5 N–H and O–H groups in total. The van der Waals surface area contributed by atoms with Crippen LogP contribution in [-0.4, -0.2) is 46.4 Å². The van der Waals surface area contributed by atoms with Crippen LogP contribution in [0.4, 0.5) is 4.79 Å². The van der Waals surface area contributed by atoms with Gasteiger partial charge in [-0.2, -0.15) is 0 Å². The molecule has 1 fully saturated rings. The van der Waals surface area contributed by atoms with Crippen LogP contribution in [0.3, 0.4) is 0 Å². The molecule has 1 aliphatic carbocycles. The van der Waals surface area contributed by atoms with Crippen LogP contribution in [0.5, 0.6) is 0 Å². The molecule has 2 rings (SSSR count). The van der Waals surface area contributed by atoms with E-state index in [9.17, 15) is 33.6 Å². The first kappa shape index (κ1) is 18.7. The van der Waals surface area contributed by atoms with Crippen molar-refractivity contribution in [2.24, 2.45) is 17.6 Å². The molecular weight excluding hydrogens is 350 g/mol. The van der Waals surface area contributed by atoms with E-state index < -0.39 is 70.7 Å². The van der Waals surface area contributed by atoms with E-state index >= 15 is 0 Å². The van der Waals surface area contributed by atoms with E-state index in [0.717, 1.165) is 6.08 Å². The van der Waals surface area contributed by atoms with E-state index in [1.807, 2.05) is 10.6 Å². The molecule has 0 spiro atoms. The topological polar surface area (TPSA) is 190 Å². The Morgan fingerprint density at radius 1 is 1.12 bits per heavy atom. The Bertz CT molecular complexity index is 829. The fourth-order valence-electron chi connectivity index (χ4n) is 2.77. The first-order chi connectivity index (χ1) is 12.0. The van der Waals surface area contributed by atoms with Gasteiger partial charge in [0.1, 0.15) is 5.57 Å². The van der Waals surface area contributed by atoms with E-state index in [2.05, 4.69) is 0 Å². The summed E-state index contributed by atoms with van der Waals surface area (Å²) in [6.07, 6.45) is -0.00270. The molecule has 0 bridgehead atoms. The highest BCUT2D eigenvalue weighted by molar-refractivity contribution is 6.31. The molecule has 0 aromatic heterocycles. The standard InChI is InChI=1S/C15H13N3O8/c1-4-5(2-7-13(24)17-15(26)18-14(7)25)10(21)6(3-8(19)20)11(22)9(4)12(16)23/h2,5-6H,3H2,1H3,(H2,16,23)(H,19,20)(H2,17,18,24,25,26). The summed E-state index contributed by atoms with van der Waals surface area (Å²) in [5.41, 5.74) is 3.90. The van der Waals surface area contributed by atoms with Crippen LogP contribution in [0.2, 0.25) is 0 Å². The maximum absolute atomic E-state index is 12.6. The second-order valence-corrected chi connectivity index (χ2v) is 5.63. The predicted octanol–water partition coefficient (Wildman–Crippen LogP) is -2.06. The number of aliphatic carboxylic acids is 1. The van der Waals surface area contributed by atoms with E-state index in [0.29, 0.717) is 0 Å². The quantitative estimate of drug-likeness (QED) is 0.249. The van der Waals surface area contributed by atoms with Crippen molar-refractivity contribution in [3.05, 3.63) is 22.8 Å². The van der Waals surface area contributed by atoms with Gasteiger partial charge in [-0.3, -0.25) is 39.4 Å². The Labute approximate surface area is 145 Å². The number of Topliss-reactive ketones (excluding diaryl/α,β-unsaturated/α-hetero) is 2. The van der Waals surface area contributed by atoms with Crippen LogP contribution >= 0.6 is 0 Å². The largest absolute Gasteiger partial charge is 0.481 e. The Hall–Kier alpha value is -3.63. The van der Waals surface area contributed by atoms with E-state index in [1.165, 1.54) is 6.92 Å². The Morgan fingerprint density at radius 2 is 1.65 bits per heavy atom. The van der Waals surface area contributed by atoms with Crippen molar-refractivity contribution < 1.29 is 38.7 Å². The van der Waals surface area contributed by atoms with Crippen molar-refractivity contribution in [1.82, 2.24) is 10.6 Å². The molecule has 0 aromatic carbocycles. The fraction of sp³-hybridized carbons (Fsp3) is 0.267.